The van der Waals surface area contributed by atoms with Gasteiger partial charge in [0.05, 0.1) is 0 Å². The topological polar surface area (TPSA) is 35.9 Å². The summed E-state index contributed by atoms with van der Waals surface area (Å²) in [4.78, 5) is 4.65. The van der Waals surface area contributed by atoms with Crippen molar-refractivity contribution in [3.8, 4) is 5.75 Å². The minimum Gasteiger partial charge on any atom is -0.491 e. The summed E-state index contributed by atoms with van der Waals surface area (Å²) in [5.41, 5.74) is 2.59. The fourth-order valence-corrected chi connectivity index (χ4v) is 3.16. The predicted molar refractivity (Wildman–Crippen MR) is 105 cm³/mol. The second-order valence-corrected chi connectivity index (χ2v) is 6.49. The molecule has 0 saturated carbocycles. The number of ether oxygens (including phenoxy) is 1. The number of para-hydroxylation sites is 1. The van der Waals surface area contributed by atoms with E-state index < -0.39 is 6.10 Å². The monoisotopic (exact) mass is 380 g/mol. The maximum atomic E-state index is 12.9. The number of hydrogen-bond donors (Lipinski definition) is 1. The zero-order valence-corrected chi connectivity index (χ0v) is 15.8. The highest BCUT2D eigenvalue weighted by molar-refractivity contribution is 5.85. The lowest BCUT2D eigenvalue weighted by Crippen LogP contribution is -2.49. The van der Waals surface area contributed by atoms with Crippen LogP contribution in [0.15, 0.2) is 48.5 Å². The highest BCUT2D eigenvalue weighted by Gasteiger charge is 2.20. The first kappa shape index (κ1) is 20.5. The Hall–Kier alpha value is -1.82. The molecule has 2 aromatic rings. The number of halogens is 2. The van der Waals surface area contributed by atoms with Crippen LogP contribution in [0.25, 0.3) is 0 Å². The lowest BCUT2D eigenvalue weighted by Gasteiger charge is -2.37. The second-order valence-electron chi connectivity index (χ2n) is 6.49. The lowest BCUT2D eigenvalue weighted by molar-refractivity contribution is 0.0663. The van der Waals surface area contributed by atoms with E-state index in [1.807, 2.05) is 0 Å². The van der Waals surface area contributed by atoms with Crippen LogP contribution in [0.5, 0.6) is 5.75 Å². The van der Waals surface area contributed by atoms with Crippen molar-refractivity contribution >= 4 is 18.1 Å². The van der Waals surface area contributed by atoms with Crippen molar-refractivity contribution in [2.24, 2.45) is 0 Å². The number of aryl methyl sites for hydroxylation is 1. The Kier molecular flexibility index (Phi) is 7.69. The Morgan fingerprint density at radius 2 is 1.69 bits per heavy atom. The van der Waals surface area contributed by atoms with Gasteiger partial charge in [-0.1, -0.05) is 18.2 Å². The molecule has 2 aromatic carbocycles. The maximum Gasteiger partial charge on any atom is 0.123 e. The third-order valence-electron chi connectivity index (χ3n) is 4.55. The van der Waals surface area contributed by atoms with Gasteiger partial charge in [0.15, 0.2) is 0 Å². The molecule has 1 atom stereocenters. The van der Waals surface area contributed by atoms with Gasteiger partial charge < -0.3 is 14.7 Å². The summed E-state index contributed by atoms with van der Waals surface area (Å²) >= 11 is 0. The van der Waals surface area contributed by atoms with Crippen molar-refractivity contribution in [3.05, 3.63) is 59.9 Å². The molecule has 3 rings (SSSR count). The third-order valence-corrected chi connectivity index (χ3v) is 4.55. The van der Waals surface area contributed by atoms with Crippen LogP contribution in [-0.2, 0) is 0 Å². The molecule has 1 fully saturated rings. The molecule has 0 spiro atoms. The van der Waals surface area contributed by atoms with Crippen molar-refractivity contribution < 1.29 is 14.2 Å². The van der Waals surface area contributed by atoms with Crippen LogP contribution in [0.3, 0.4) is 0 Å². The van der Waals surface area contributed by atoms with Crippen LogP contribution in [0.1, 0.15) is 5.56 Å². The normalized spacial score (nSPS) is 16.0. The summed E-state index contributed by atoms with van der Waals surface area (Å²) in [5.74, 6) is 0.282. The van der Waals surface area contributed by atoms with Gasteiger partial charge in [0.1, 0.15) is 24.3 Å². The van der Waals surface area contributed by atoms with Crippen LogP contribution in [0.4, 0.5) is 10.1 Å². The van der Waals surface area contributed by atoms with E-state index >= 15 is 0 Å². The average molecular weight is 381 g/mol. The van der Waals surface area contributed by atoms with Crippen LogP contribution in [0, 0.1) is 12.7 Å². The van der Waals surface area contributed by atoms with E-state index in [1.54, 1.807) is 12.1 Å². The standard InChI is InChI=1S/C20H25FN2O2.ClH/c1-16-4-2-3-5-20(16)23-12-10-22(11-13-23)14-18(24)15-25-19-8-6-17(21)7-9-19;/h2-9,18,24H,10-15H2,1H3;1H. The number of anilines is 1. The molecule has 142 valence electrons. The van der Waals surface area contributed by atoms with Gasteiger partial charge in [0, 0.05) is 38.4 Å². The fourth-order valence-electron chi connectivity index (χ4n) is 3.16. The number of aliphatic hydroxyl groups excluding tert-OH is 1. The number of nitrogens with zero attached hydrogens (tertiary/aromatic N) is 2. The molecular weight excluding hydrogens is 355 g/mol. The number of benzene rings is 2. The second kappa shape index (κ2) is 9.76. The zero-order valence-electron chi connectivity index (χ0n) is 15.0. The molecule has 1 aliphatic heterocycles. The first-order valence-corrected chi connectivity index (χ1v) is 8.71. The fraction of sp³-hybridized carbons (Fsp3) is 0.400. The van der Waals surface area contributed by atoms with Gasteiger partial charge in [-0.25, -0.2) is 4.39 Å². The van der Waals surface area contributed by atoms with Crippen LogP contribution in [0.2, 0.25) is 0 Å². The first-order valence-electron chi connectivity index (χ1n) is 8.71. The zero-order chi connectivity index (χ0) is 17.6. The van der Waals surface area contributed by atoms with Crippen molar-refractivity contribution in [1.82, 2.24) is 4.90 Å². The smallest absolute Gasteiger partial charge is 0.123 e. The highest BCUT2D eigenvalue weighted by atomic mass is 35.5. The van der Waals surface area contributed by atoms with Crippen LogP contribution in [-0.4, -0.2) is 55.4 Å². The molecular formula is C20H26ClFN2O2. The minimum atomic E-state index is -0.560. The van der Waals surface area contributed by atoms with E-state index in [0.717, 1.165) is 26.2 Å². The lowest BCUT2D eigenvalue weighted by atomic mass is 10.1. The van der Waals surface area contributed by atoms with Gasteiger partial charge in [-0.15, -0.1) is 12.4 Å². The van der Waals surface area contributed by atoms with Gasteiger partial charge in [-0.2, -0.15) is 0 Å². The van der Waals surface area contributed by atoms with E-state index in [2.05, 4.69) is 41.0 Å². The number of β-amino-alcohol motifs (C(OH)–C–C–N with tert-alkyl or cyclic N) is 1. The van der Waals surface area contributed by atoms with E-state index in [4.69, 9.17) is 4.74 Å². The summed E-state index contributed by atoms with van der Waals surface area (Å²) in [6, 6.07) is 14.3. The van der Waals surface area contributed by atoms with Crippen molar-refractivity contribution in [1.29, 1.82) is 0 Å². The highest BCUT2D eigenvalue weighted by Crippen LogP contribution is 2.20. The summed E-state index contributed by atoms with van der Waals surface area (Å²) in [6.45, 7) is 6.68. The first-order chi connectivity index (χ1) is 12.1. The molecule has 4 nitrogen and oxygen atoms in total. The Morgan fingerprint density at radius 1 is 1.04 bits per heavy atom. The van der Waals surface area contributed by atoms with E-state index in [9.17, 15) is 9.50 Å². The quantitative estimate of drug-likeness (QED) is 0.835. The molecule has 1 heterocycles. The van der Waals surface area contributed by atoms with Crippen molar-refractivity contribution in [2.75, 3.05) is 44.2 Å². The van der Waals surface area contributed by atoms with Crippen molar-refractivity contribution in [2.45, 2.75) is 13.0 Å². The summed E-state index contributed by atoms with van der Waals surface area (Å²) in [7, 11) is 0. The van der Waals surface area contributed by atoms with Gasteiger partial charge in [0.2, 0.25) is 0 Å². The van der Waals surface area contributed by atoms with E-state index in [-0.39, 0.29) is 24.8 Å². The third kappa shape index (κ3) is 5.59. The molecule has 26 heavy (non-hydrogen) atoms. The van der Waals surface area contributed by atoms with Gasteiger partial charge >= 0.3 is 0 Å². The van der Waals surface area contributed by atoms with Gasteiger partial charge in [-0.05, 0) is 42.8 Å². The molecule has 0 radical (unpaired) electrons. The van der Waals surface area contributed by atoms with Gasteiger partial charge in [0.25, 0.3) is 0 Å². The summed E-state index contributed by atoms with van der Waals surface area (Å²) in [5, 5.41) is 10.2. The molecule has 0 aliphatic carbocycles. The molecule has 6 heteroatoms. The van der Waals surface area contributed by atoms with Crippen LogP contribution >= 0.6 is 12.4 Å². The molecule has 0 amide bonds. The Labute approximate surface area is 160 Å². The average Bonchev–Trinajstić information content (AvgIpc) is 2.62. The Balaban J connectivity index is 0.00000243. The molecule has 1 saturated heterocycles. The van der Waals surface area contributed by atoms with E-state index in [0.29, 0.717) is 12.3 Å². The SMILES string of the molecule is Cc1ccccc1N1CCN(CC(O)COc2ccc(F)cc2)CC1.Cl. The molecule has 0 bridgehead atoms. The van der Waals surface area contributed by atoms with E-state index in [1.165, 1.54) is 23.4 Å². The van der Waals surface area contributed by atoms with Crippen LogP contribution < -0.4 is 9.64 Å². The Morgan fingerprint density at radius 3 is 2.35 bits per heavy atom. The molecule has 1 N–H and O–H groups in total. The number of hydrogen-bond acceptors (Lipinski definition) is 4. The molecule has 1 unspecified atom stereocenters. The molecule has 1 aliphatic rings. The summed E-state index contributed by atoms with van der Waals surface area (Å²) in [6.07, 6.45) is -0.560. The van der Waals surface area contributed by atoms with Crippen molar-refractivity contribution in [3.63, 3.8) is 0 Å². The maximum absolute atomic E-state index is 12.9. The number of rotatable bonds is 6. The predicted octanol–water partition coefficient (Wildman–Crippen LogP) is 3.12. The summed E-state index contributed by atoms with van der Waals surface area (Å²) < 4.78 is 18.4. The number of piperazine rings is 1. The minimum absolute atomic E-state index is 0. The van der Waals surface area contributed by atoms with Gasteiger partial charge in [-0.3, -0.25) is 4.90 Å². The largest absolute Gasteiger partial charge is 0.491 e. The Bertz CT molecular complexity index is 676. The number of aliphatic hydroxyl groups is 1. The molecule has 0 aromatic heterocycles.